The van der Waals surface area contributed by atoms with Crippen molar-refractivity contribution in [2.24, 2.45) is 0 Å². The number of hydrogen-bond donors (Lipinski definition) is 0. The van der Waals surface area contributed by atoms with E-state index < -0.39 is 33.3 Å². The van der Waals surface area contributed by atoms with Crippen molar-refractivity contribution < 1.29 is 27.7 Å². The number of rotatable bonds is 6. The first-order chi connectivity index (χ1) is 14.1. The Bertz CT molecular complexity index is 1140. The molecule has 0 amide bonds. The number of ether oxygens (including phenoxy) is 1. The number of benzene rings is 2. The molecule has 9 nitrogen and oxygen atoms in total. The number of carbonyl (C=O) groups excluding carboxylic acids is 2. The first-order valence-corrected chi connectivity index (χ1v) is 11.0. The number of hydrogen-bond acceptors (Lipinski definition) is 7. The zero-order chi connectivity index (χ0) is 22.1. The number of nitrogens with zero attached hydrogens (tertiary/aromatic N) is 2. The molecule has 0 atom stereocenters. The minimum Gasteiger partial charge on any atom is -0.454 e. The maximum absolute atomic E-state index is 12.5. The SMILES string of the molecule is Cc1cc(C(=O)OCC(=O)c2ccc3c(c2)CCCN3S(C)(=O)=O)ccc1[N+](=O)[O-]. The highest BCUT2D eigenvalue weighted by molar-refractivity contribution is 7.92. The van der Waals surface area contributed by atoms with Gasteiger partial charge in [0.05, 0.1) is 22.4 Å². The van der Waals surface area contributed by atoms with E-state index in [0.717, 1.165) is 11.8 Å². The third-order valence-electron chi connectivity index (χ3n) is 4.84. The van der Waals surface area contributed by atoms with Gasteiger partial charge in [-0.15, -0.1) is 0 Å². The highest BCUT2D eigenvalue weighted by Crippen LogP contribution is 2.30. The van der Waals surface area contributed by atoms with Crippen LogP contribution >= 0.6 is 0 Å². The van der Waals surface area contributed by atoms with Crippen LogP contribution in [-0.4, -0.2) is 44.5 Å². The van der Waals surface area contributed by atoms with Gasteiger partial charge in [0.1, 0.15) is 0 Å². The zero-order valence-electron chi connectivity index (χ0n) is 16.5. The minimum atomic E-state index is -3.40. The zero-order valence-corrected chi connectivity index (χ0v) is 17.3. The fourth-order valence-corrected chi connectivity index (χ4v) is 4.36. The Morgan fingerprint density at radius 3 is 2.50 bits per heavy atom. The molecule has 3 rings (SSSR count). The van der Waals surface area contributed by atoms with E-state index >= 15 is 0 Å². The van der Waals surface area contributed by atoms with Crippen LogP contribution in [0.2, 0.25) is 0 Å². The molecule has 0 radical (unpaired) electrons. The van der Waals surface area contributed by atoms with Crippen LogP contribution in [0.3, 0.4) is 0 Å². The molecule has 2 aromatic rings. The van der Waals surface area contributed by atoms with Crippen LogP contribution in [-0.2, 0) is 21.2 Å². The van der Waals surface area contributed by atoms with E-state index in [2.05, 4.69) is 0 Å². The van der Waals surface area contributed by atoms with E-state index in [1.807, 2.05) is 0 Å². The molecule has 0 bridgehead atoms. The van der Waals surface area contributed by atoms with E-state index in [9.17, 15) is 28.1 Å². The monoisotopic (exact) mass is 432 g/mol. The van der Waals surface area contributed by atoms with Crippen molar-refractivity contribution in [2.75, 3.05) is 23.7 Å². The number of nitro groups is 1. The van der Waals surface area contributed by atoms with Crippen LogP contribution in [0.1, 0.15) is 38.3 Å². The van der Waals surface area contributed by atoms with E-state index in [1.54, 1.807) is 12.1 Å². The average Bonchev–Trinajstić information content (AvgIpc) is 2.69. The van der Waals surface area contributed by atoms with E-state index in [1.165, 1.54) is 35.5 Å². The molecule has 1 aliphatic rings. The number of aryl methyl sites for hydroxylation is 2. The molecule has 10 heteroatoms. The summed E-state index contributed by atoms with van der Waals surface area (Å²) in [7, 11) is -3.40. The molecule has 30 heavy (non-hydrogen) atoms. The number of sulfonamides is 1. The van der Waals surface area contributed by atoms with E-state index in [-0.39, 0.29) is 11.3 Å². The number of ketones is 1. The summed E-state index contributed by atoms with van der Waals surface area (Å²) in [5, 5.41) is 10.9. The van der Waals surface area contributed by atoms with Gasteiger partial charge in [0.2, 0.25) is 10.0 Å². The lowest BCUT2D eigenvalue weighted by Gasteiger charge is -2.29. The second-order valence-corrected chi connectivity index (χ2v) is 8.95. The molecule has 0 aromatic heterocycles. The number of esters is 1. The molecule has 0 fully saturated rings. The second kappa shape index (κ2) is 8.23. The molecule has 0 N–H and O–H groups in total. The van der Waals surface area contributed by atoms with Gasteiger partial charge in [0, 0.05) is 23.7 Å². The molecular weight excluding hydrogens is 412 g/mol. The average molecular weight is 432 g/mol. The molecule has 158 valence electrons. The maximum atomic E-state index is 12.5. The van der Waals surface area contributed by atoms with Crippen molar-refractivity contribution in [1.82, 2.24) is 0 Å². The Labute approximate surface area is 173 Å². The maximum Gasteiger partial charge on any atom is 0.338 e. The summed E-state index contributed by atoms with van der Waals surface area (Å²) in [6.07, 6.45) is 2.43. The molecule has 0 aliphatic carbocycles. The van der Waals surface area contributed by atoms with Crippen LogP contribution in [0, 0.1) is 17.0 Å². The molecule has 2 aromatic carbocycles. The number of carbonyl (C=O) groups is 2. The number of nitro benzene ring substituents is 1. The van der Waals surface area contributed by atoms with Gasteiger partial charge in [-0.05, 0) is 55.7 Å². The van der Waals surface area contributed by atoms with Gasteiger partial charge < -0.3 is 4.74 Å². The third kappa shape index (κ3) is 4.48. The predicted molar refractivity (Wildman–Crippen MR) is 109 cm³/mol. The minimum absolute atomic E-state index is 0.111. The third-order valence-corrected chi connectivity index (χ3v) is 6.02. The van der Waals surface area contributed by atoms with Crippen LogP contribution in [0.25, 0.3) is 0 Å². The molecule has 0 unspecified atom stereocenters. The van der Waals surface area contributed by atoms with Crippen molar-refractivity contribution >= 4 is 33.2 Å². The van der Waals surface area contributed by atoms with Gasteiger partial charge in [-0.2, -0.15) is 0 Å². The predicted octanol–water partition coefficient (Wildman–Crippen LogP) is 2.66. The van der Waals surface area contributed by atoms with Crippen LogP contribution < -0.4 is 4.31 Å². The van der Waals surface area contributed by atoms with Gasteiger partial charge in [-0.25, -0.2) is 13.2 Å². The summed E-state index contributed by atoms with van der Waals surface area (Å²) in [4.78, 5) is 35.0. The molecule has 0 saturated carbocycles. The number of Topliss-reactive ketones (excluding diaryl/α,β-unsaturated/α-hetero) is 1. The Kier molecular flexibility index (Phi) is 5.88. The van der Waals surface area contributed by atoms with E-state index in [0.29, 0.717) is 36.2 Å². The highest BCUT2D eigenvalue weighted by Gasteiger charge is 2.25. The fraction of sp³-hybridized carbons (Fsp3) is 0.300. The fourth-order valence-electron chi connectivity index (χ4n) is 3.37. The summed E-state index contributed by atoms with van der Waals surface area (Å²) in [5.74, 6) is -1.19. The Balaban J connectivity index is 1.70. The summed E-state index contributed by atoms with van der Waals surface area (Å²) in [5.41, 5.74) is 1.93. The first-order valence-electron chi connectivity index (χ1n) is 9.14. The highest BCUT2D eigenvalue weighted by atomic mass is 32.2. The molecule has 0 spiro atoms. The normalized spacial score (nSPS) is 13.5. The topological polar surface area (TPSA) is 124 Å². The van der Waals surface area contributed by atoms with Crippen molar-refractivity contribution in [1.29, 1.82) is 0 Å². The Morgan fingerprint density at radius 1 is 1.17 bits per heavy atom. The standard InChI is InChI=1S/C20H20N2O7S/c1-13-10-16(6-7-17(13)22(25)26)20(24)29-12-19(23)15-5-8-18-14(11-15)4-3-9-21(18)30(2,27)28/h5-8,10-11H,3-4,9,12H2,1-2H3. The lowest BCUT2D eigenvalue weighted by molar-refractivity contribution is -0.385. The van der Waals surface area contributed by atoms with Gasteiger partial charge in [-0.3, -0.25) is 19.2 Å². The van der Waals surface area contributed by atoms with Crippen molar-refractivity contribution in [3.05, 3.63) is 68.8 Å². The lowest BCUT2D eigenvalue weighted by atomic mass is 9.99. The summed E-state index contributed by atoms with van der Waals surface area (Å²) in [6.45, 7) is 1.40. The first kappa shape index (κ1) is 21.4. The molecule has 1 heterocycles. The van der Waals surface area contributed by atoms with Crippen LogP contribution in [0.5, 0.6) is 0 Å². The van der Waals surface area contributed by atoms with Gasteiger partial charge in [0.25, 0.3) is 5.69 Å². The molecule has 1 aliphatic heterocycles. The number of fused-ring (bicyclic) bond motifs is 1. The largest absolute Gasteiger partial charge is 0.454 e. The van der Waals surface area contributed by atoms with Gasteiger partial charge in [-0.1, -0.05) is 0 Å². The van der Waals surface area contributed by atoms with E-state index in [4.69, 9.17) is 4.74 Å². The van der Waals surface area contributed by atoms with Gasteiger partial charge >= 0.3 is 5.97 Å². The van der Waals surface area contributed by atoms with Crippen LogP contribution in [0.15, 0.2) is 36.4 Å². The smallest absolute Gasteiger partial charge is 0.338 e. The summed E-state index contributed by atoms with van der Waals surface area (Å²) in [6, 6.07) is 8.54. The van der Waals surface area contributed by atoms with Crippen LogP contribution in [0.4, 0.5) is 11.4 Å². The quantitative estimate of drug-likeness (QED) is 0.297. The summed E-state index contributed by atoms with van der Waals surface area (Å²) >= 11 is 0. The summed E-state index contributed by atoms with van der Waals surface area (Å²) < 4.78 is 30.2. The van der Waals surface area contributed by atoms with Gasteiger partial charge in [0.15, 0.2) is 12.4 Å². The second-order valence-electron chi connectivity index (χ2n) is 7.04. The lowest BCUT2D eigenvalue weighted by Crippen LogP contribution is -2.34. The Hall–Kier alpha value is -3.27. The Morgan fingerprint density at radius 2 is 1.87 bits per heavy atom. The van der Waals surface area contributed by atoms with Crippen molar-refractivity contribution in [2.45, 2.75) is 19.8 Å². The number of anilines is 1. The van der Waals surface area contributed by atoms with Crippen molar-refractivity contribution in [3.8, 4) is 0 Å². The molecular formula is C20H20N2O7S. The van der Waals surface area contributed by atoms with Crippen molar-refractivity contribution in [3.63, 3.8) is 0 Å². The molecule has 0 saturated heterocycles.